The van der Waals surface area contributed by atoms with Crippen LogP contribution in [0.15, 0.2) is 79.1 Å². The minimum Gasteiger partial charge on any atom is -0.345 e. The van der Waals surface area contributed by atoms with Gasteiger partial charge in [0.05, 0.1) is 6.04 Å². The molecule has 0 saturated carbocycles. The summed E-state index contributed by atoms with van der Waals surface area (Å²) in [6, 6.07) is 21.3. The third-order valence-corrected chi connectivity index (χ3v) is 3.79. The number of aromatic nitrogens is 1. The van der Waals surface area contributed by atoms with E-state index >= 15 is 0 Å². The van der Waals surface area contributed by atoms with Gasteiger partial charge >= 0.3 is 0 Å². The highest BCUT2D eigenvalue weighted by Crippen LogP contribution is 2.24. The molecule has 1 amide bonds. The Bertz CT molecular complexity index is 785. The monoisotopic (exact) mass is 302 g/mol. The van der Waals surface area contributed by atoms with Crippen molar-refractivity contribution in [2.24, 2.45) is 0 Å². The second-order valence-electron chi connectivity index (χ2n) is 5.39. The van der Waals surface area contributed by atoms with Crippen LogP contribution in [-0.2, 0) is 0 Å². The van der Waals surface area contributed by atoms with Gasteiger partial charge in [-0.05, 0) is 35.7 Å². The summed E-state index contributed by atoms with van der Waals surface area (Å²) in [6.45, 7) is 1.96. The molecule has 0 fully saturated rings. The Labute approximate surface area is 136 Å². The number of benzene rings is 2. The van der Waals surface area contributed by atoms with E-state index in [2.05, 4.69) is 10.3 Å². The smallest absolute Gasteiger partial charge is 0.252 e. The highest BCUT2D eigenvalue weighted by atomic mass is 16.1. The van der Waals surface area contributed by atoms with Crippen LogP contribution >= 0.6 is 0 Å². The van der Waals surface area contributed by atoms with Gasteiger partial charge in [0, 0.05) is 18.0 Å². The average molecular weight is 302 g/mol. The normalized spacial score (nSPS) is 11.7. The van der Waals surface area contributed by atoms with E-state index in [0.29, 0.717) is 5.56 Å². The van der Waals surface area contributed by atoms with Crippen molar-refractivity contribution in [2.75, 3.05) is 0 Å². The van der Waals surface area contributed by atoms with E-state index in [9.17, 15) is 4.79 Å². The van der Waals surface area contributed by atoms with Gasteiger partial charge in [0.1, 0.15) is 0 Å². The molecule has 114 valence electrons. The molecular weight excluding hydrogens is 284 g/mol. The maximum atomic E-state index is 12.7. The molecule has 1 N–H and O–H groups in total. The Hall–Kier alpha value is -2.94. The number of pyridine rings is 1. The van der Waals surface area contributed by atoms with Gasteiger partial charge in [-0.15, -0.1) is 0 Å². The Kier molecular flexibility index (Phi) is 4.48. The lowest BCUT2D eigenvalue weighted by molar-refractivity contribution is 0.0940. The topological polar surface area (TPSA) is 42.0 Å². The maximum absolute atomic E-state index is 12.7. The molecule has 0 aliphatic heterocycles. The number of nitrogens with zero attached hydrogens (tertiary/aromatic N) is 1. The molecule has 2 aromatic carbocycles. The number of hydrogen-bond donors (Lipinski definition) is 1. The molecule has 0 aliphatic rings. The minimum atomic E-state index is -0.0972. The van der Waals surface area contributed by atoms with Crippen molar-refractivity contribution in [3.8, 4) is 11.1 Å². The predicted octanol–water partition coefficient (Wildman–Crippen LogP) is 4.24. The third-order valence-electron chi connectivity index (χ3n) is 3.79. The molecule has 0 spiro atoms. The second kappa shape index (κ2) is 6.88. The van der Waals surface area contributed by atoms with Gasteiger partial charge in [-0.25, -0.2) is 0 Å². The summed E-state index contributed by atoms with van der Waals surface area (Å²) in [7, 11) is 0. The first-order valence-electron chi connectivity index (χ1n) is 7.61. The van der Waals surface area contributed by atoms with Crippen molar-refractivity contribution in [2.45, 2.75) is 13.0 Å². The number of rotatable bonds is 4. The highest BCUT2D eigenvalue weighted by Gasteiger charge is 2.15. The SMILES string of the molecule is CC(NC(=O)c1ccccc1-c1ccccc1)c1cccnc1. The van der Waals surface area contributed by atoms with Gasteiger partial charge in [0.2, 0.25) is 0 Å². The van der Waals surface area contributed by atoms with Crippen LogP contribution in [0.5, 0.6) is 0 Å². The summed E-state index contributed by atoms with van der Waals surface area (Å²) < 4.78 is 0. The van der Waals surface area contributed by atoms with E-state index in [1.165, 1.54) is 0 Å². The van der Waals surface area contributed by atoms with Crippen LogP contribution in [0.1, 0.15) is 28.9 Å². The van der Waals surface area contributed by atoms with Gasteiger partial charge in [-0.2, -0.15) is 0 Å². The quantitative estimate of drug-likeness (QED) is 0.783. The first-order valence-corrected chi connectivity index (χ1v) is 7.61. The lowest BCUT2D eigenvalue weighted by Gasteiger charge is -2.16. The Morgan fingerprint density at radius 3 is 2.43 bits per heavy atom. The molecule has 3 rings (SSSR count). The fraction of sp³-hybridized carbons (Fsp3) is 0.100. The average Bonchev–Trinajstić information content (AvgIpc) is 2.63. The van der Waals surface area contributed by atoms with Crippen molar-refractivity contribution in [1.82, 2.24) is 10.3 Å². The third kappa shape index (κ3) is 3.46. The van der Waals surface area contributed by atoms with E-state index in [-0.39, 0.29) is 11.9 Å². The van der Waals surface area contributed by atoms with E-state index in [1.807, 2.05) is 73.7 Å². The molecule has 1 heterocycles. The Morgan fingerprint density at radius 1 is 0.957 bits per heavy atom. The summed E-state index contributed by atoms with van der Waals surface area (Å²) in [5.41, 5.74) is 3.63. The molecule has 1 atom stereocenters. The van der Waals surface area contributed by atoms with Gasteiger partial charge in [-0.3, -0.25) is 9.78 Å². The van der Waals surface area contributed by atoms with Gasteiger partial charge < -0.3 is 5.32 Å². The maximum Gasteiger partial charge on any atom is 0.252 e. The summed E-state index contributed by atoms with van der Waals surface area (Å²) in [6.07, 6.45) is 3.50. The van der Waals surface area contributed by atoms with Crippen molar-refractivity contribution in [3.63, 3.8) is 0 Å². The number of hydrogen-bond acceptors (Lipinski definition) is 2. The zero-order chi connectivity index (χ0) is 16.1. The summed E-state index contributed by atoms with van der Waals surface area (Å²) in [5, 5.41) is 3.04. The summed E-state index contributed by atoms with van der Waals surface area (Å²) in [4.78, 5) is 16.8. The van der Waals surface area contributed by atoms with Gasteiger partial charge in [0.25, 0.3) is 5.91 Å². The highest BCUT2D eigenvalue weighted by molar-refractivity contribution is 6.01. The van der Waals surface area contributed by atoms with Crippen molar-refractivity contribution in [3.05, 3.63) is 90.3 Å². The Balaban J connectivity index is 1.86. The molecule has 1 aromatic heterocycles. The van der Waals surface area contributed by atoms with E-state index < -0.39 is 0 Å². The summed E-state index contributed by atoms with van der Waals surface area (Å²) in [5.74, 6) is -0.0826. The molecule has 3 aromatic rings. The van der Waals surface area contributed by atoms with Crippen LogP contribution in [0, 0.1) is 0 Å². The molecule has 23 heavy (non-hydrogen) atoms. The van der Waals surface area contributed by atoms with Crippen LogP contribution in [0.4, 0.5) is 0 Å². The van der Waals surface area contributed by atoms with Crippen LogP contribution in [0.3, 0.4) is 0 Å². The number of carbonyl (C=O) groups is 1. The lowest BCUT2D eigenvalue weighted by atomic mass is 9.99. The predicted molar refractivity (Wildman–Crippen MR) is 92.0 cm³/mol. The number of carbonyl (C=O) groups excluding carboxylic acids is 1. The minimum absolute atomic E-state index is 0.0826. The largest absolute Gasteiger partial charge is 0.345 e. The molecular formula is C20H18N2O. The van der Waals surface area contributed by atoms with E-state index in [1.54, 1.807) is 12.4 Å². The lowest BCUT2D eigenvalue weighted by Crippen LogP contribution is -2.27. The molecule has 0 aliphatic carbocycles. The second-order valence-corrected chi connectivity index (χ2v) is 5.39. The van der Waals surface area contributed by atoms with Crippen LogP contribution in [0.2, 0.25) is 0 Å². The van der Waals surface area contributed by atoms with E-state index in [0.717, 1.165) is 16.7 Å². The molecule has 0 bridgehead atoms. The zero-order valence-corrected chi connectivity index (χ0v) is 12.9. The first kappa shape index (κ1) is 15.0. The van der Waals surface area contributed by atoms with Gasteiger partial charge in [0.15, 0.2) is 0 Å². The fourth-order valence-electron chi connectivity index (χ4n) is 2.54. The van der Waals surface area contributed by atoms with Crippen molar-refractivity contribution >= 4 is 5.91 Å². The first-order chi connectivity index (χ1) is 11.3. The number of nitrogens with one attached hydrogen (secondary N) is 1. The molecule has 1 unspecified atom stereocenters. The van der Waals surface area contributed by atoms with Crippen LogP contribution in [-0.4, -0.2) is 10.9 Å². The standard InChI is InChI=1S/C20H18N2O/c1-15(17-10-7-13-21-14-17)22-20(23)19-12-6-5-11-18(19)16-8-3-2-4-9-16/h2-15H,1H3,(H,22,23). The molecule has 0 radical (unpaired) electrons. The molecule has 0 saturated heterocycles. The van der Waals surface area contributed by atoms with Gasteiger partial charge in [-0.1, -0.05) is 54.6 Å². The molecule has 3 nitrogen and oxygen atoms in total. The van der Waals surface area contributed by atoms with Crippen LogP contribution in [0.25, 0.3) is 11.1 Å². The summed E-state index contributed by atoms with van der Waals surface area (Å²) >= 11 is 0. The fourth-order valence-corrected chi connectivity index (χ4v) is 2.54. The van der Waals surface area contributed by atoms with Crippen LogP contribution < -0.4 is 5.32 Å². The van der Waals surface area contributed by atoms with Crippen molar-refractivity contribution in [1.29, 1.82) is 0 Å². The zero-order valence-electron chi connectivity index (χ0n) is 12.9. The van der Waals surface area contributed by atoms with E-state index in [4.69, 9.17) is 0 Å². The Morgan fingerprint density at radius 2 is 1.70 bits per heavy atom. The number of amides is 1. The molecule has 3 heteroatoms. The van der Waals surface area contributed by atoms with Crippen molar-refractivity contribution < 1.29 is 4.79 Å².